The number of amides is 1. The number of anilines is 2. The minimum Gasteiger partial charge on any atom is -0.496 e. The molecule has 0 atom stereocenters. The van der Waals surface area contributed by atoms with Gasteiger partial charge >= 0.3 is 0 Å². The van der Waals surface area contributed by atoms with Gasteiger partial charge in [0.05, 0.1) is 12.0 Å². The van der Waals surface area contributed by atoms with Crippen molar-refractivity contribution < 1.29 is 17.9 Å². The Balaban J connectivity index is 1.65. The van der Waals surface area contributed by atoms with Crippen LogP contribution in [0.3, 0.4) is 0 Å². The molecule has 3 rings (SSSR count). The Hall–Kier alpha value is -3.17. The predicted octanol–water partition coefficient (Wildman–Crippen LogP) is 3.60. The average molecular weight is 415 g/mol. The number of hydrogen-bond acceptors (Lipinski definition) is 6. The van der Waals surface area contributed by atoms with Crippen LogP contribution in [-0.4, -0.2) is 26.4 Å². The Morgan fingerprint density at radius 1 is 1.14 bits per heavy atom. The molecule has 0 fully saturated rings. The van der Waals surface area contributed by atoms with E-state index >= 15 is 0 Å². The van der Waals surface area contributed by atoms with Crippen molar-refractivity contribution in [2.45, 2.75) is 4.90 Å². The molecule has 1 heterocycles. The molecule has 0 aliphatic carbocycles. The van der Waals surface area contributed by atoms with Crippen molar-refractivity contribution in [3.05, 3.63) is 71.7 Å². The van der Waals surface area contributed by atoms with Gasteiger partial charge in [-0.25, -0.2) is 13.4 Å². The van der Waals surface area contributed by atoms with Gasteiger partial charge in [-0.3, -0.25) is 9.52 Å². The number of hydrogen-bond donors (Lipinski definition) is 2. The van der Waals surface area contributed by atoms with Crippen LogP contribution >= 0.6 is 11.3 Å². The van der Waals surface area contributed by atoms with E-state index in [-0.39, 0.29) is 10.8 Å². The second-order valence-electron chi connectivity index (χ2n) is 5.53. The first-order valence-corrected chi connectivity index (χ1v) is 10.5. The number of ether oxygens (including phenoxy) is 1. The molecule has 0 aliphatic heterocycles. The van der Waals surface area contributed by atoms with Crippen LogP contribution in [0.4, 0.5) is 10.8 Å². The molecule has 144 valence electrons. The molecule has 0 saturated carbocycles. The van der Waals surface area contributed by atoms with Gasteiger partial charge in [0.2, 0.25) is 5.91 Å². The maximum Gasteiger partial charge on any atom is 0.263 e. The van der Waals surface area contributed by atoms with Crippen molar-refractivity contribution in [2.75, 3.05) is 17.1 Å². The zero-order valence-corrected chi connectivity index (χ0v) is 16.5. The number of sulfonamides is 1. The fourth-order valence-corrected chi connectivity index (χ4v) is 4.11. The van der Waals surface area contributed by atoms with Gasteiger partial charge < -0.3 is 10.1 Å². The highest BCUT2D eigenvalue weighted by atomic mass is 32.2. The van der Waals surface area contributed by atoms with Crippen LogP contribution in [0.5, 0.6) is 5.75 Å². The number of nitrogens with zero attached hydrogens (tertiary/aromatic N) is 1. The second-order valence-corrected chi connectivity index (χ2v) is 8.11. The van der Waals surface area contributed by atoms with Crippen LogP contribution in [0.15, 0.2) is 71.1 Å². The molecule has 0 bridgehead atoms. The minimum absolute atomic E-state index is 0.0743. The SMILES string of the molecule is COc1ccccc1/C=C\C(=O)Nc1ccc(S(=O)(=O)Nc2nccs2)cc1. The maximum absolute atomic E-state index is 12.3. The third-order valence-corrected chi connectivity index (χ3v) is 5.81. The van der Waals surface area contributed by atoms with E-state index in [1.807, 2.05) is 18.2 Å². The van der Waals surface area contributed by atoms with Crippen molar-refractivity contribution in [3.8, 4) is 5.75 Å². The Morgan fingerprint density at radius 3 is 2.57 bits per heavy atom. The quantitative estimate of drug-likeness (QED) is 0.575. The van der Waals surface area contributed by atoms with Gasteiger partial charge in [0.1, 0.15) is 5.75 Å². The molecule has 1 aromatic heterocycles. The van der Waals surface area contributed by atoms with Gasteiger partial charge in [0.15, 0.2) is 5.13 Å². The molecule has 2 N–H and O–H groups in total. The summed E-state index contributed by atoms with van der Waals surface area (Å²) >= 11 is 1.19. The molecule has 0 unspecified atom stereocenters. The fourth-order valence-electron chi connectivity index (χ4n) is 2.32. The van der Waals surface area contributed by atoms with Crippen molar-refractivity contribution in [2.24, 2.45) is 0 Å². The number of para-hydroxylation sites is 1. The Morgan fingerprint density at radius 2 is 1.89 bits per heavy atom. The van der Waals surface area contributed by atoms with E-state index in [1.54, 1.807) is 24.6 Å². The lowest BCUT2D eigenvalue weighted by Crippen LogP contribution is -2.13. The highest BCUT2D eigenvalue weighted by molar-refractivity contribution is 7.93. The number of aromatic nitrogens is 1. The lowest BCUT2D eigenvalue weighted by molar-refractivity contribution is -0.111. The van der Waals surface area contributed by atoms with E-state index in [9.17, 15) is 13.2 Å². The lowest BCUT2D eigenvalue weighted by Gasteiger charge is -2.07. The van der Waals surface area contributed by atoms with Gasteiger partial charge in [0.25, 0.3) is 10.0 Å². The number of nitrogens with one attached hydrogen (secondary N) is 2. The third kappa shape index (κ3) is 4.96. The van der Waals surface area contributed by atoms with Crippen molar-refractivity contribution in [1.29, 1.82) is 0 Å². The zero-order valence-electron chi connectivity index (χ0n) is 14.8. The molecular formula is C19H17N3O4S2. The molecule has 0 spiro atoms. The van der Waals surface area contributed by atoms with Crippen LogP contribution in [0.2, 0.25) is 0 Å². The number of carbonyl (C=O) groups excluding carboxylic acids is 1. The van der Waals surface area contributed by atoms with Crippen LogP contribution in [0.25, 0.3) is 6.08 Å². The standard InChI is InChI=1S/C19H17N3O4S2/c1-26-17-5-3-2-4-14(17)6-11-18(23)21-15-7-9-16(10-8-15)28(24,25)22-19-20-12-13-27-19/h2-13H,1H3,(H,20,22)(H,21,23)/b11-6-. The summed E-state index contributed by atoms with van der Waals surface area (Å²) in [6.45, 7) is 0. The zero-order chi connectivity index (χ0) is 20.0. The summed E-state index contributed by atoms with van der Waals surface area (Å²) < 4.78 is 32.2. The van der Waals surface area contributed by atoms with Gasteiger partial charge in [-0.15, -0.1) is 11.3 Å². The van der Waals surface area contributed by atoms with E-state index in [4.69, 9.17) is 4.74 Å². The van der Waals surface area contributed by atoms with Crippen molar-refractivity contribution in [1.82, 2.24) is 4.98 Å². The fraction of sp³-hybridized carbons (Fsp3) is 0.0526. The summed E-state index contributed by atoms with van der Waals surface area (Å²) in [7, 11) is -2.16. The number of methoxy groups -OCH3 is 1. The molecule has 3 aromatic rings. The predicted molar refractivity (Wildman–Crippen MR) is 110 cm³/mol. The summed E-state index contributed by atoms with van der Waals surface area (Å²) in [6, 6.07) is 13.2. The lowest BCUT2D eigenvalue weighted by atomic mass is 10.2. The van der Waals surface area contributed by atoms with E-state index in [1.165, 1.54) is 47.9 Å². The first-order chi connectivity index (χ1) is 13.5. The number of carbonyl (C=O) groups is 1. The van der Waals surface area contributed by atoms with Crippen molar-refractivity contribution >= 4 is 44.2 Å². The van der Waals surface area contributed by atoms with Crippen LogP contribution in [-0.2, 0) is 14.8 Å². The van der Waals surface area contributed by atoms with Crippen LogP contribution < -0.4 is 14.8 Å². The van der Waals surface area contributed by atoms with E-state index in [2.05, 4.69) is 15.0 Å². The normalized spacial score (nSPS) is 11.3. The third-order valence-electron chi connectivity index (χ3n) is 3.64. The van der Waals surface area contributed by atoms with E-state index < -0.39 is 10.0 Å². The number of thiazole rings is 1. The highest BCUT2D eigenvalue weighted by Gasteiger charge is 2.15. The first kappa shape index (κ1) is 19.6. The van der Waals surface area contributed by atoms with Gasteiger partial charge in [0, 0.05) is 28.9 Å². The molecule has 0 aliphatic rings. The molecule has 7 nitrogen and oxygen atoms in total. The van der Waals surface area contributed by atoms with Crippen LogP contribution in [0, 0.1) is 0 Å². The van der Waals surface area contributed by atoms with Gasteiger partial charge in [-0.05, 0) is 36.4 Å². The van der Waals surface area contributed by atoms with Gasteiger partial charge in [-0.2, -0.15) is 0 Å². The molecule has 2 aromatic carbocycles. The number of benzene rings is 2. The first-order valence-electron chi connectivity index (χ1n) is 8.12. The second kappa shape index (κ2) is 8.68. The molecule has 28 heavy (non-hydrogen) atoms. The Labute approximate surface area is 166 Å². The summed E-state index contributed by atoms with van der Waals surface area (Å²) in [5.41, 5.74) is 1.25. The van der Waals surface area contributed by atoms with Crippen molar-refractivity contribution in [3.63, 3.8) is 0 Å². The van der Waals surface area contributed by atoms with E-state index in [0.717, 1.165) is 5.56 Å². The maximum atomic E-state index is 12.3. The minimum atomic E-state index is -3.73. The monoisotopic (exact) mass is 415 g/mol. The van der Waals surface area contributed by atoms with Crippen LogP contribution in [0.1, 0.15) is 5.56 Å². The molecule has 1 amide bonds. The summed E-state index contributed by atoms with van der Waals surface area (Å²) in [6.07, 6.45) is 4.54. The summed E-state index contributed by atoms with van der Waals surface area (Å²) in [4.78, 5) is 16.1. The Kier molecular flexibility index (Phi) is 6.07. The largest absolute Gasteiger partial charge is 0.496 e. The smallest absolute Gasteiger partial charge is 0.263 e. The topological polar surface area (TPSA) is 97.4 Å². The van der Waals surface area contributed by atoms with E-state index in [0.29, 0.717) is 16.6 Å². The Bertz CT molecular complexity index is 1080. The summed E-state index contributed by atoms with van der Waals surface area (Å²) in [5.74, 6) is 0.316. The molecule has 0 radical (unpaired) electrons. The average Bonchev–Trinajstić information content (AvgIpc) is 3.19. The molecule has 0 saturated heterocycles. The molecular weight excluding hydrogens is 398 g/mol. The molecule has 9 heteroatoms. The summed E-state index contributed by atoms with van der Waals surface area (Å²) in [5, 5.41) is 4.65. The highest BCUT2D eigenvalue weighted by Crippen LogP contribution is 2.20. The number of rotatable bonds is 7. The van der Waals surface area contributed by atoms with Gasteiger partial charge in [-0.1, -0.05) is 18.2 Å².